The summed E-state index contributed by atoms with van der Waals surface area (Å²) in [7, 11) is -3.28. The molecule has 0 saturated heterocycles. The first-order valence-electron chi connectivity index (χ1n) is 7.48. The second-order valence-electron chi connectivity index (χ2n) is 5.36. The normalized spacial score (nSPS) is 11.0. The second-order valence-corrected chi connectivity index (χ2v) is 8.13. The van der Waals surface area contributed by atoms with E-state index in [1.54, 1.807) is 36.4 Å². The summed E-state index contributed by atoms with van der Waals surface area (Å²) in [5.74, 6) is 0.648. The molecule has 0 aliphatic carbocycles. The third-order valence-electron chi connectivity index (χ3n) is 3.92. The topological polar surface area (TPSA) is 105 Å². The average Bonchev–Trinajstić information content (AvgIpc) is 2.73. The molecule has 0 heterocycles. The summed E-state index contributed by atoms with van der Waals surface area (Å²) in [6.07, 6.45) is 0. The highest BCUT2D eigenvalue weighted by atomic mass is 31.2. The van der Waals surface area contributed by atoms with Crippen LogP contribution in [0.2, 0.25) is 0 Å². The maximum absolute atomic E-state index is 14.1. The van der Waals surface area contributed by atoms with E-state index in [2.05, 4.69) is 14.7 Å². The van der Waals surface area contributed by atoms with E-state index in [-0.39, 0.29) is 17.2 Å². The van der Waals surface area contributed by atoms with E-state index in [1.807, 2.05) is 0 Å². The first kappa shape index (κ1) is 18.0. The van der Waals surface area contributed by atoms with Gasteiger partial charge >= 0.3 is 0 Å². The summed E-state index contributed by atoms with van der Waals surface area (Å²) < 4.78 is 14.1. The van der Waals surface area contributed by atoms with Crippen molar-refractivity contribution in [1.29, 1.82) is 0 Å². The molecule has 0 radical (unpaired) electrons. The van der Waals surface area contributed by atoms with Gasteiger partial charge in [-0.2, -0.15) is 0 Å². The van der Waals surface area contributed by atoms with Gasteiger partial charge in [0.15, 0.2) is 24.4 Å². The predicted molar refractivity (Wildman–Crippen MR) is 95.6 cm³/mol. The first-order chi connectivity index (χ1) is 12.6. The molecule has 0 aromatic heterocycles. The minimum absolute atomic E-state index is 0.216. The molecule has 26 heavy (non-hydrogen) atoms. The van der Waals surface area contributed by atoms with Crippen LogP contribution < -0.4 is 30.6 Å². The quantitative estimate of drug-likeness (QED) is 0.346. The van der Waals surface area contributed by atoms with Gasteiger partial charge in [-0.15, -0.1) is 0 Å². The highest BCUT2D eigenvalue weighted by Crippen LogP contribution is 2.43. The van der Waals surface area contributed by atoms with Crippen LogP contribution in [0.15, 0.2) is 72.8 Å². The molecule has 7 nitrogen and oxygen atoms in total. The standard InChI is InChI=1S/C18H15O7P/c19-23-13-1-7-16(8-2-13)26(22,17-9-3-14(24-20)4-10-17)18-11-5-15(25-21)6-12-18/h1-12,19-21H. The lowest BCUT2D eigenvalue weighted by molar-refractivity contribution is -0.137. The fourth-order valence-corrected chi connectivity index (χ4v) is 5.20. The van der Waals surface area contributed by atoms with Crippen molar-refractivity contribution in [2.75, 3.05) is 0 Å². The summed E-state index contributed by atoms with van der Waals surface area (Å²) in [5.41, 5.74) is 0. The van der Waals surface area contributed by atoms with Crippen LogP contribution in [0.4, 0.5) is 0 Å². The Morgan fingerprint density at radius 3 is 0.923 bits per heavy atom. The SMILES string of the molecule is O=P(c1ccc(OO)cc1)(c1ccc(OO)cc1)c1ccc(OO)cc1. The monoisotopic (exact) mass is 374 g/mol. The van der Waals surface area contributed by atoms with Gasteiger partial charge in [0.05, 0.1) is 0 Å². The maximum Gasteiger partial charge on any atom is 0.171 e. The molecule has 0 fully saturated rings. The summed E-state index contributed by atoms with van der Waals surface area (Å²) in [5, 5.41) is 27.7. The Balaban J connectivity index is 2.16. The van der Waals surface area contributed by atoms with Crippen molar-refractivity contribution in [3.63, 3.8) is 0 Å². The highest BCUT2D eigenvalue weighted by molar-refractivity contribution is 7.85. The Morgan fingerprint density at radius 2 is 0.731 bits per heavy atom. The summed E-state index contributed by atoms with van der Waals surface area (Å²) in [4.78, 5) is 12.5. The summed E-state index contributed by atoms with van der Waals surface area (Å²) >= 11 is 0. The molecule has 0 aliphatic heterocycles. The maximum atomic E-state index is 14.1. The van der Waals surface area contributed by atoms with E-state index < -0.39 is 7.14 Å². The molecule has 8 heteroatoms. The van der Waals surface area contributed by atoms with E-state index in [4.69, 9.17) is 15.8 Å². The minimum Gasteiger partial charge on any atom is -0.340 e. The fraction of sp³-hybridized carbons (Fsp3) is 0. The third kappa shape index (κ3) is 3.29. The first-order valence-corrected chi connectivity index (χ1v) is 9.18. The van der Waals surface area contributed by atoms with Gasteiger partial charge in [0.2, 0.25) is 0 Å². The lowest BCUT2D eigenvalue weighted by Gasteiger charge is -2.20. The predicted octanol–water partition coefficient (Wildman–Crippen LogP) is 2.88. The molecule has 0 bridgehead atoms. The third-order valence-corrected chi connectivity index (χ3v) is 6.99. The van der Waals surface area contributed by atoms with Crippen molar-refractivity contribution in [3.05, 3.63) is 72.8 Å². The summed E-state index contributed by atoms with van der Waals surface area (Å²) in [6.45, 7) is 0. The highest BCUT2D eigenvalue weighted by Gasteiger charge is 2.30. The molecule has 0 amide bonds. The Morgan fingerprint density at radius 1 is 0.500 bits per heavy atom. The number of hydrogen-bond donors (Lipinski definition) is 3. The molecule has 3 aromatic carbocycles. The van der Waals surface area contributed by atoms with Gasteiger partial charge in [-0.25, -0.2) is 15.8 Å². The Kier molecular flexibility index (Phi) is 5.25. The molecule has 0 spiro atoms. The van der Waals surface area contributed by atoms with Crippen LogP contribution in [0.1, 0.15) is 0 Å². The van der Waals surface area contributed by atoms with Crippen molar-refractivity contribution in [3.8, 4) is 17.2 Å². The molecule has 0 aliphatic rings. The number of benzene rings is 3. The van der Waals surface area contributed by atoms with Gasteiger partial charge in [-0.05, 0) is 72.8 Å². The van der Waals surface area contributed by atoms with Gasteiger partial charge in [0.1, 0.15) is 0 Å². The van der Waals surface area contributed by atoms with Crippen LogP contribution >= 0.6 is 7.14 Å². The fourth-order valence-electron chi connectivity index (χ4n) is 2.60. The lowest BCUT2D eigenvalue weighted by Crippen LogP contribution is -2.25. The molecular formula is C18H15O7P. The zero-order chi connectivity index (χ0) is 18.6. The van der Waals surface area contributed by atoms with Gasteiger partial charge < -0.3 is 19.2 Å². The van der Waals surface area contributed by atoms with Crippen LogP contribution in [-0.4, -0.2) is 15.8 Å². The van der Waals surface area contributed by atoms with E-state index in [1.165, 1.54) is 36.4 Å². The van der Waals surface area contributed by atoms with Crippen LogP contribution in [-0.2, 0) is 4.57 Å². The zero-order valence-corrected chi connectivity index (χ0v) is 14.2. The van der Waals surface area contributed by atoms with Crippen LogP contribution in [0, 0.1) is 0 Å². The molecule has 0 unspecified atom stereocenters. The molecule has 0 atom stereocenters. The Bertz CT molecular complexity index is 783. The smallest absolute Gasteiger partial charge is 0.171 e. The largest absolute Gasteiger partial charge is 0.340 e. The molecular weight excluding hydrogens is 359 g/mol. The van der Waals surface area contributed by atoms with Gasteiger partial charge in [-0.3, -0.25) is 0 Å². The lowest BCUT2D eigenvalue weighted by atomic mass is 10.3. The Labute approximate surface area is 148 Å². The van der Waals surface area contributed by atoms with Gasteiger partial charge in [0, 0.05) is 15.9 Å². The second kappa shape index (κ2) is 7.59. The van der Waals surface area contributed by atoms with Crippen molar-refractivity contribution in [2.45, 2.75) is 0 Å². The van der Waals surface area contributed by atoms with Crippen molar-refractivity contribution >= 4 is 23.1 Å². The van der Waals surface area contributed by atoms with E-state index in [0.29, 0.717) is 15.9 Å². The molecule has 3 rings (SSSR count). The van der Waals surface area contributed by atoms with Crippen LogP contribution in [0.3, 0.4) is 0 Å². The van der Waals surface area contributed by atoms with E-state index >= 15 is 0 Å². The van der Waals surface area contributed by atoms with Gasteiger partial charge in [0.25, 0.3) is 0 Å². The zero-order valence-electron chi connectivity index (χ0n) is 13.4. The van der Waals surface area contributed by atoms with Crippen molar-refractivity contribution in [2.24, 2.45) is 0 Å². The molecule has 0 saturated carbocycles. The van der Waals surface area contributed by atoms with Crippen LogP contribution in [0.25, 0.3) is 0 Å². The minimum atomic E-state index is -3.28. The molecule has 134 valence electrons. The van der Waals surface area contributed by atoms with E-state index in [9.17, 15) is 4.57 Å². The molecule has 3 N–H and O–H groups in total. The van der Waals surface area contributed by atoms with E-state index in [0.717, 1.165) is 0 Å². The molecule has 3 aromatic rings. The number of rotatable bonds is 6. The van der Waals surface area contributed by atoms with Crippen molar-refractivity contribution in [1.82, 2.24) is 0 Å². The Hall–Kier alpha value is -2.83. The van der Waals surface area contributed by atoms with Gasteiger partial charge in [-0.1, -0.05) is 0 Å². The average molecular weight is 374 g/mol. The van der Waals surface area contributed by atoms with Crippen LogP contribution in [0.5, 0.6) is 17.2 Å². The van der Waals surface area contributed by atoms with Crippen molar-refractivity contribution < 1.29 is 35.0 Å². The number of hydrogen-bond acceptors (Lipinski definition) is 7. The summed E-state index contributed by atoms with van der Waals surface area (Å²) in [6, 6.07) is 18.6.